The van der Waals surface area contributed by atoms with Crippen molar-refractivity contribution in [3.63, 3.8) is 0 Å². The van der Waals surface area contributed by atoms with Crippen LogP contribution in [0.2, 0.25) is 0 Å². The van der Waals surface area contributed by atoms with Crippen LogP contribution in [0.5, 0.6) is 0 Å². The Kier molecular flexibility index (Phi) is 4.76. The summed E-state index contributed by atoms with van der Waals surface area (Å²) in [5.41, 5.74) is 0.874. The summed E-state index contributed by atoms with van der Waals surface area (Å²) >= 11 is 0. The maximum absolute atomic E-state index is 13.0. The second-order valence-corrected chi connectivity index (χ2v) is 6.98. The molecule has 0 bridgehead atoms. The summed E-state index contributed by atoms with van der Waals surface area (Å²) in [4.78, 5) is 22.2. The third-order valence-electron chi connectivity index (χ3n) is 4.83. The average molecular weight is 384 g/mol. The summed E-state index contributed by atoms with van der Waals surface area (Å²) in [6.45, 7) is 1.23. The van der Waals surface area contributed by atoms with Gasteiger partial charge in [0.05, 0.1) is 11.9 Å². The van der Waals surface area contributed by atoms with Crippen LogP contribution in [-0.4, -0.2) is 68.2 Å². The Bertz CT molecular complexity index is 956. The molecule has 0 radical (unpaired) electrons. The molecule has 0 unspecified atom stereocenters. The molecule has 4 rings (SSSR count). The quantitative estimate of drug-likeness (QED) is 0.734. The number of hydrogen-bond acceptors (Lipinski definition) is 6. The van der Waals surface area contributed by atoms with Gasteiger partial charge in [-0.2, -0.15) is 14.9 Å². The van der Waals surface area contributed by atoms with E-state index in [1.807, 2.05) is 19.0 Å². The van der Waals surface area contributed by atoms with E-state index in [1.165, 1.54) is 23.1 Å². The molecule has 1 aliphatic heterocycles. The summed E-state index contributed by atoms with van der Waals surface area (Å²) in [6.07, 6.45) is 3.05. The molecule has 9 nitrogen and oxygen atoms in total. The third kappa shape index (κ3) is 3.57. The number of halogens is 1. The van der Waals surface area contributed by atoms with Crippen LogP contribution in [0, 0.1) is 5.82 Å². The maximum atomic E-state index is 13.0. The van der Waals surface area contributed by atoms with Gasteiger partial charge in [-0.3, -0.25) is 9.89 Å². The van der Waals surface area contributed by atoms with Crippen molar-refractivity contribution in [1.29, 1.82) is 0 Å². The number of H-pyrrole nitrogens is 1. The lowest BCUT2D eigenvalue weighted by Crippen LogP contribution is -2.38. The molecule has 1 fully saturated rings. The molecule has 0 aliphatic carbocycles. The Hall–Kier alpha value is -3.30. The minimum Gasteiger partial charge on any atom is -0.346 e. The van der Waals surface area contributed by atoms with Crippen LogP contribution in [0.15, 0.2) is 30.5 Å². The number of benzene rings is 1. The van der Waals surface area contributed by atoms with Crippen LogP contribution in [0.25, 0.3) is 5.69 Å². The molecule has 10 heteroatoms. The Labute approximate surface area is 161 Å². The molecule has 1 saturated heterocycles. The van der Waals surface area contributed by atoms with Gasteiger partial charge in [-0.15, -0.1) is 10.2 Å². The molecule has 0 saturated carbocycles. The predicted octanol–water partition coefficient (Wildman–Crippen LogP) is 1.61. The van der Waals surface area contributed by atoms with Crippen LogP contribution in [-0.2, 0) is 0 Å². The number of rotatable bonds is 4. The Morgan fingerprint density at radius 3 is 2.57 bits per heavy atom. The fourth-order valence-corrected chi connectivity index (χ4v) is 3.23. The van der Waals surface area contributed by atoms with Crippen LogP contribution >= 0.6 is 0 Å². The number of carbonyl (C=O) groups is 1. The van der Waals surface area contributed by atoms with E-state index in [-0.39, 0.29) is 23.3 Å². The van der Waals surface area contributed by atoms with Crippen LogP contribution in [0.1, 0.15) is 35.1 Å². The molecule has 1 aromatic carbocycles. The van der Waals surface area contributed by atoms with Gasteiger partial charge in [0, 0.05) is 33.1 Å². The van der Waals surface area contributed by atoms with Crippen molar-refractivity contribution in [2.24, 2.45) is 0 Å². The number of hydrogen-bond donors (Lipinski definition) is 1. The minimum atomic E-state index is -0.334. The number of aromatic nitrogens is 6. The van der Waals surface area contributed by atoms with Crippen molar-refractivity contribution in [3.8, 4) is 5.69 Å². The molecule has 146 valence electrons. The first-order chi connectivity index (χ1) is 13.5. The van der Waals surface area contributed by atoms with Crippen molar-refractivity contribution in [1.82, 2.24) is 35.1 Å². The number of piperidine rings is 1. The SMILES string of the molecule is CN(C)c1n[nH]c(C2CCN(C(=O)c3cnn(-c4ccc(F)cc4)n3)CC2)n1. The highest BCUT2D eigenvalue weighted by Crippen LogP contribution is 2.27. The molecule has 0 spiro atoms. The second-order valence-electron chi connectivity index (χ2n) is 6.98. The van der Waals surface area contributed by atoms with Gasteiger partial charge in [-0.05, 0) is 37.1 Å². The van der Waals surface area contributed by atoms with Crippen LogP contribution < -0.4 is 4.90 Å². The first kappa shape index (κ1) is 18.1. The highest BCUT2D eigenvalue weighted by Gasteiger charge is 2.28. The Balaban J connectivity index is 1.39. The van der Waals surface area contributed by atoms with E-state index in [1.54, 1.807) is 17.0 Å². The molecule has 1 aliphatic rings. The van der Waals surface area contributed by atoms with E-state index in [0.717, 1.165) is 18.7 Å². The van der Waals surface area contributed by atoms with E-state index in [9.17, 15) is 9.18 Å². The average Bonchev–Trinajstić information content (AvgIpc) is 3.38. The van der Waals surface area contributed by atoms with Gasteiger partial charge in [0.25, 0.3) is 5.91 Å². The normalized spacial score (nSPS) is 15.0. The largest absolute Gasteiger partial charge is 0.346 e. The van der Waals surface area contributed by atoms with E-state index >= 15 is 0 Å². The lowest BCUT2D eigenvalue weighted by Gasteiger charge is -2.30. The fourth-order valence-electron chi connectivity index (χ4n) is 3.23. The third-order valence-corrected chi connectivity index (χ3v) is 4.83. The molecule has 1 N–H and O–H groups in total. The number of carbonyl (C=O) groups excluding carboxylic acids is 1. The summed E-state index contributed by atoms with van der Waals surface area (Å²) < 4.78 is 13.0. The minimum absolute atomic E-state index is 0.154. The monoisotopic (exact) mass is 384 g/mol. The maximum Gasteiger partial charge on any atom is 0.276 e. The van der Waals surface area contributed by atoms with E-state index < -0.39 is 0 Å². The van der Waals surface area contributed by atoms with Gasteiger partial charge >= 0.3 is 0 Å². The first-order valence-corrected chi connectivity index (χ1v) is 9.08. The van der Waals surface area contributed by atoms with Crippen LogP contribution in [0.4, 0.5) is 10.3 Å². The van der Waals surface area contributed by atoms with E-state index in [4.69, 9.17) is 0 Å². The Morgan fingerprint density at radius 2 is 1.93 bits per heavy atom. The number of anilines is 1. The lowest BCUT2D eigenvalue weighted by atomic mass is 9.96. The van der Waals surface area contributed by atoms with Gasteiger partial charge < -0.3 is 9.80 Å². The number of aromatic amines is 1. The van der Waals surface area contributed by atoms with Crippen molar-refractivity contribution in [2.75, 3.05) is 32.1 Å². The van der Waals surface area contributed by atoms with Crippen molar-refractivity contribution >= 4 is 11.9 Å². The Morgan fingerprint density at radius 1 is 1.21 bits per heavy atom. The highest BCUT2D eigenvalue weighted by molar-refractivity contribution is 5.92. The fraction of sp³-hybridized carbons (Fsp3) is 0.389. The van der Waals surface area contributed by atoms with E-state index in [2.05, 4.69) is 25.4 Å². The van der Waals surface area contributed by atoms with Gasteiger partial charge in [0.15, 0.2) is 5.69 Å². The highest BCUT2D eigenvalue weighted by atomic mass is 19.1. The second kappa shape index (κ2) is 7.37. The number of likely N-dealkylation sites (tertiary alicyclic amines) is 1. The molecule has 0 atom stereocenters. The molecule has 1 amide bonds. The van der Waals surface area contributed by atoms with Gasteiger partial charge in [-0.1, -0.05) is 0 Å². The molecule has 28 heavy (non-hydrogen) atoms. The first-order valence-electron chi connectivity index (χ1n) is 9.08. The zero-order chi connectivity index (χ0) is 19.7. The predicted molar refractivity (Wildman–Crippen MR) is 99.9 cm³/mol. The van der Waals surface area contributed by atoms with Gasteiger partial charge in [-0.25, -0.2) is 4.39 Å². The van der Waals surface area contributed by atoms with Crippen molar-refractivity contribution in [3.05, 3.63) is 47.8 Å². The standard InChI is InChI=1S/C18H21FN8O/c1-25(2)18-21-16(22-23-18)12-7-9-26(10-8-12)17(28)15-11-20-27(24-15)14-5-3-13(19)4-6-14/h3-6,11-12H,7-10H2,1-2H3,(H,21,22,23). The zero-order valence-electron chi connectivity index (χ0n) is 15.7. The summed E-state index contributed by atoms with van der Waals surface area (Å²) in [5.74, 6) is 1.28. The number of amides is 1. The summed E-state index contributed by atoms with van der Waals surface area (Å²) in [5, 5.41) is 15.6. The van der Waals surface area contributed by atoms with Crippen molar-refractivity contribution < 1.29 is 9.18 Å². The zero-order valence-corrected chi connectivity index (χ0v) is 15.7. The molecule has 3 aromatic rings. The van der Waals surface area contributed by atoms with Gasteiger partial charge in [0.2, 0.25) is 5.95 Å². The summed E-state index contributed by atoms with van der Waals surface area (Å²) in [6, 6.07) is 5.79. The number of nitrogens with zero attached hydrogens (tertiary/aromatic N) is 7. The van der Waals surface area contributed by atoms with Gasteiger partial charge in [0.1, 0.15) is 11.6 Å². The van der Waals surface area contributed by atoms with Crippen molar-refractivity contribution in [2.45, 2.75) is 18.8 Å². The smallest absolute Gasteiger partial charge is 0.276 e. The molecule has 2 aromatic heterocycles. The molecular weight excluding hydrogens is 363 g/mol. The molecular formula is C18H21FN8O. The topological polar surface area (TPSA) is 95.8 Å². The summed E-state index contributed by atoms with van der Waals surface area (Å²) in [7, 11) is 3.79. The number of nitrogens with one attached hydrogen (secondary N) is 1. The lowest BCUT2D eigenvalue weighted by molar-refractivity contribution is 0.0704. The van der Waals surface area contributed by atoms with E-state index in [0.29, 0.717) is 24.7 Å². The molecule has 3 heterocycles. The van der Waals surface area contributed by atoms with Crippen LogP contribution in [0.3, 0.4) is 0 Å².